The lowest BCUT2D eigenvalue weighted by molar-refractivity contribution is -0.131. The van der Waals surface area contributed by atoms with Crippen LogP contribution in [0, 0.1) is 0 Å². The van der Waals surface area contributed by atoms with Gasteiger partial charge in [-0.05, 0) is 18.5 Å². The van der Waals surface area contributed by atoms with Crippen molar-refractivity contribution >= 4 is 17.7 Å². The smallest absolute Gasteiger partial charge is 0.328 e. The van der Waals surface area contributed by atoms with Gasteiger partial charge in [0, 0.05) is 18.4 Å². The van der Waals surface area contributed by atoms with Crippen LogP contribution in [0.5, 0.6) is 0 Å². The Morgan fingerprint density at radius 1 is 1.46 bits per heavy atom. The molecule has 1 N–H and O–H groups in total. The Bertz CT molecular complexity index is 167. The quantitative estimate of drug-likeness (QED) is 0.504. The zero-order valence-corrected chi connectivity index (χ0v) is 9.01. The summed E-state index contributed by atoms with van der Waals surface area (Å²) in [4.78, 5) is 12.4. The Balaban J connectivity index is 3.39. The van der Waals surface area contributed by atoms with Gasteiger partial charge in [-0.25, -0.2) is 4.79 Å². The largest absolute Gasteiger partial charge is 0.478 e. The first-order valence-electron chi connectivity index (χ1n) is 4.44. The van der Waals surface area contributed by atoms with Crippen molar-refractivity contribution < 1.29 is 9.90 Å². The molecule has 0 rings (SSSR count). The molecular weight excluding hydrogens is 186 g/mol. The van der Waals surface area contributed by atoms with E-state index in [1.165, 1.54) is 17.8 Å². The molecule has 0 aliphatic rings. The maximum Gasteiger partial charge on any atom is 0.328 e. The van der Waals surface area contributed by atoms with Crippen LogP contribution in [0.1, 0.15) is 13.8 Å². The fraction of sp³-hybridized carbons (Fsp3) is 0.667. The fourth-order valence-corrected chi connectivity index (χ4v) is 1.61. The molecule has 76 valence electrons. The molecule has 0 heterocycles. The van der Waals surface area contributed by atoms with Gasteiger partial charge in [0.15, 0.2) is 0 Å². The number of aliphatic carboxylic acids is 1. The first-order valence-corrected chi connectivity index (χ1v) is 5.49. The van der Waals surface area contributed by atoms with Crippen molar-refractivity contribution in [3.63, 3.8) is 0 Å². The van der Waals surface area contributed by atoms with Crippen LogP contribution in [0.2, 0.25) is 0 Å². The van der Waals surface area contributed by atoms with Crippen molar-refractivity contribution in [3.05, 3.63) is 11.5 Å². The normalized spacial score (nSPS) is 11.3. The molecule has 0 amide bonds. The Hall–Kier alpha value is -0.480. The van der Waals surface area contributed by atoms with Gasteiger partial charge in [-0.3, -0.25) is 0 Å². The molecule has 0 radical (unpaired) electrons. The molecule has 0 fully saturated rings. The average Bonchev–Trinajstić information content (AvgIpc) is 2.11. The van der Waals surface area contributed by atoms with E-state index in [2.05, 4.69) is 18.7 Å². The minimum Gasteiger partial charge on any atom is -0.478 e. The van der Waals surface area contributed by atoms with E-state index in [1.807, 2.05) is 0 Å². The predicted molar refractivity (Wildman–Crippen MR) is 57.0 cm³/mol. The second-order valence-corrected chi connectivity index (χ2v) is 3.55. The number of thioether (sulfide) groups is 1. The van der Waals surface area contributed by atoms with Crippen molar-refractivity contribution in [1.82, 2.24) is 4.90 Å². The van der Waals surface area contributed by atoms with Crippen molar-refractivity contribution in [2.24, 2.45) is 0 Å². The van der Waals surface area contributed by atoms with Gasteiger partial charge in [0.25, 0.3) is 0 Å². The van der Waals surface area contributed by atoms with Gasteiger partial charge in [-0.1, -0.05) is 13.8 Å². The molecule has 4 heteroatoms. The molecule has 0 aliphatic heterocycles. The summed E-state index contributed by atoms with van der Waals surface area (Å²) in [5, 5.41) is 9.93. The van der Waals surface area contributed by atoms with E-state index in [4.69, 9.17) is 5.11 Å². The van der Waals surface area contributed by atoms with Crippen LogP contribution in [0.3, 0.4) is 0 Å². The predicted octanol–water partition coefficient (Wildman–Crippen LogP) is 1.66. The number of carboxylic acids is 1. The van der Waals surface area contributed by atoms with E-state index in [-0.39, 0.29) is 0 Å². The van der Waals surface area contributed by atoms with E-state index in [1.54, 1.807) is 5.41 Å². The van der Waals surface area contributed by atoms with Crippen LogP contribution < -0.4 is 0 Å². The summed E-state index contributed by atoms with van der Waals surface area (Å²) < 4.78 is 0. The number of nitrogens with zero attached hydrogens (tertiary/aromatic N) is 1. The van der Waals surface area contributed by atoms with Crippen molar-refractivity contribution in [2.45, 2.75) is 13.8 Å². The molecule has 13 heavy (non-hydrogen) atoms. The Morgan fingerprint density at radius 3 is 2.54 bits per heavy atom. The van der Waals surface area contributed by atoms with Crippen LogP contribution in [0.15, 0.2) is 11.5 Å². The number of hydrogen-bond acceptors (Lipinski definition) is 3. The molecular formula is C9H17NO2S. The molecule has 0 saturated heterocycles. The molecule has 0 atom stereocenters. The van der Waals surface area contributed by atoms with E-state index in [0.29, 0.717) is 0 Å². The Labute approximate surface area is 83.8 Å². The highest BCUT2D eigenvalue weighted by Crippen LogP contribution is 2.02. The first-order chi connectivity index (χ1) is 6.20. The van der Waals surface area contributed by atoms with Gasteiger partial charge in [-0.2, -0.15) is 0 Å². The lowest BCUT2D eigenvalue weighted by Gasteiger charge is -2.16. The number of carbonyl (C=O) groups is 1. The van der Waals surface area contributed by atoms with Crippen molar-refractivity contribution in [2.75, 3.05) is 25.4 Å². The van der Waals surface area contributed by atoms with Gasteiger partial charge >= 0.3 is 5.97 Å². The molecule has 0 saturated carbocycles. The van der Waals surface area contributed by atoms with E-state index < -0.39 is 5.97 Å². The Morgan fingerprint density at radius 2 is 2.08 bits per heavy atom. The molecule has 0 aliphatic carbocycles. The van der Waals surface area contributed by atoms with Gasteiger partial charge in [-0.15, -0.1) is 11.8 Å². The van der Waals surface area contributed by atoms with Crippen LogP contribution in [-0.4, -0.2) is 41.4 Å². The monoisotopic (exact) mass is 203 g/mol. The third-order valence-electron chi connectivity index (χ3n) is 1.73. The van der Waals surface area contributed by atoms with Crippen molar-refractivity contribution in [1.29, 1.82) is 0 Å². The summed E-state index contributed by atoms with van der Waals surface area (Å²) >= 11 is 1.54. The molecule has 0 spiro atoms. The average molecular weight is 203 g/mol. The highest BCUT2D eigenvalue weighted by atomic mass is 32.2. The fourth-order valence-electron chi connectivity index (χ4n) is 0.896. The van der Waals surface area contributed by atoms with Gasteiger partial charge in [0.05, 0.1) is 0 Å². The zero-order chi connectivity index (χ0) is 10.1. The van der Waals surface area contributed by atoms with Gasteiger partial charge in [0.1, 0.15) is 0 Å². The molecule has 0 unspecified atom stereocenters. The van der Waals surface area contributed by atoms with Crippen LogP contribution in [0.4, 0.5) is 0 Å². The first kappa shape index (κ1) is 12.5. The van der Waals surface area contributed by atoms with E-state index in [9.17, 15) is 4.79 Å². The van der Waals surface area contributed by atoms with Crippen molar-refractivity contribution in [3.8, 4) is 0 Å². The number of hydrogen-bond donors (Lipinski definition) is 1. The molecule has 0 aromatic rings. The topological polar surface area (TPSA) is 40.5 Å². The lowest BCUT2D eigenvalue weighted by atomic mass is 10.5. The SMILES string of the molecule is CCN(CC)CCSC=CC(=O)O. The van der Waals surface area contributed by atoms with Gasteiger partial charge < -0.3 is 10.0 Å². The standard InChI is InChI=1S/C9H17NO2S/c1-3-10(4-2)6-8-13-7-5-9(11)12/h5,7H,3-4,6,8H2,1-2H3,(H,11,12). The summed E-state index contributed by atoms with van der Waals surface area (Å²) in [6.07, 6.45) is 1.17. The minimum atomic E-state index is -0.879. The minimum absolute atomic E-state index is 0.879. The summed E-state index contributed by atoms with van der Waals surface area (Å²) in [7, 11) is 0. The second kappa shape index (κ2) is 8.13. The van der Waals surface area contributed by atoms with E-state index >= 15 is 0 Å². The van der Waals surface area contributed by atoms with E-state index in [0.717, 1.165) is 25.4 Å². The zero-order valence-electron chi connectivity index (χ0n) is 8.19. The Kier molecular flexibility index (Phi) is 7.83. The highest BCUT2D eigenvalue weighted by Gasteiger charge is 1.96. The maximum atomic E-state index is 10.1. The summed E-state index contributed by atoms with van der Waals surface area (Å²) in [5.74, 6) is 0.0705. The van der Waals surface area contributed by atoms with Crippen LogP contribution in [0.25, 0.3) is 0 Å². The lowest BCUT2D eigenvalue weighted by Crippen LogP contribution is -2.25. The highest BCUT2D eigenvalue weighted by molar-refractivity contribution is 8.02. The molecule has 0 aromatic heterocycles. The molecule has 3 nitrogen and oxygen atoms in total. The maximum absolute atomic E-state index is 10.1. The summed E-state index contributed by atoms with van der Waals surface area (Å²) in [6.45, 7) is 7.38. The molecule has 0 bridgehead atoms. The summed E-state index contributed by atoms with van der Waals surface area (Å²) in [6, 6.07) is 0. The van der Waals surface area contributed by atoms with Gasteiger partial charge in [0.2, 0.25) is 0 Å². The molecule has 0 aromatic carbocycles. The third-order valence-corrected chi connectivity index (χ3v) is 2.47. The number of carboxylic acid groups (broad SMARTS) is 1. The van der Waals surface area contributed by atoms with Crippen LogP contribution in [-0.2, 0) is 4.79 Å². The second-order valence-electron chi connectivity index (χ2n) is 2.54. The third kappa shape index (κ3) is 7.87. The van der Waals surface area contributed by atoms with Crippen LogP contribution >= 0.6 is 11.8 Å². The summed E-state index contributed by atoms with van der Waals surface area (Å²) in [5.41, 5.74) is 0. The number of rotatable bonds is 7.